The smallest absolute Gasteiger partial charge is 0.211 e. The number of rotatable bonds is 3. The van der Waals surface area contributed by atoms with Gasteiger partial charge in [0.1, 0.15) is 0 Å². The van der Waals surface area contributed by atoms with Gasteiger partial charge >= 0.3 is 0 Å². The zero-order chi connectivity index (χ0) is 5.70. The van der Waals surface area contributed by atoms with E-state index in [1.54, 1.807) is 0 Å². The van der Waals surface area contributed by atoms with Crippen molar-refractivity contribution in [2.75, 3.05) is 0 Å². The normalized spacial score (nSPS) is 10.3. The highest BCUT2D eigenvalue weighted by Gasteiger charge is 1.97. The molecule has 1 radical (unpaired) electrons. The minimum Gasteiger partial charge on any atom is -0.211 e. The molecule has 2 heteroatoms. The lowest BCUT2D eigenvalue weighted by Crippen LogP contribution is -1.87. The van der Waals surface area contributed by atoms with Crippen molar-refractivity contribution in [3.8, 4) is 0 Å². The van der Waals surface area contributed by atoms with Gasteiger partial charge in [0.25, 0.3) is 0 Å². The van der Waals surface area contributed by atoms with Crippen LogP contribution in [0.5, 0.6) is 0 Å². The predicted octanol–water partition coefficient (Wildman–Crippen LogP) is 2.26. The maximum atomic E-state index is 11.2. The first-order valence-corrected chi connectivity index (χ1v) is 2.34. The van der Waals surface area contributed by atoms with Crippen molar-refractivity contribution >= 4 is 0 Å². The first-order valence-electron chi connectivity index (χ1n) is 2.34. The van der Waals surface area contributed by atoms with Crippen LogP contribution < -0.4 is 0 Å². The molecular formula is C5H9F2. The van der Waals surface area contributed by atoms with E-state index in [2.05, 4.69) is 6.92 Å². The van der Waals surface area contributed by atoms with Crippen LogP contribution in [0.2, 0.25) is 0 Å². The second-order valence-corrected chi connectivity index (χ2v) is 1.39. The van der Waals surface area contributed by atoms with E-state index in [-0.39, 0.29) is 6.42 Å². The average molecular weight is 107 g/mol. The fourth-order valence-electron chi connectivity index (χ4n) is 0.299. The number of hydrogen-bond acceptors (Lipinski definition) is 0. The highest BCUT2D eigenvalue weighted by atomic mass is 19.3. The molecule has 0 aromatic carbocycles. The number of hydrogen-bond donors (Lipinski definition) is 0. The van der Waals surface area contributed by atoms with Gasteiger partial charge in [-0.15, -0.1) is 0 Å². The molecule has 0 atom stereocenters. The minimum atomic E-state index is -2.14. The van der Waals surface area contributed by atoms with Gasteiger partial charge in [-0.05, 0) is 6.42 Å². The number of unbranched alkanes of at least 4 members (excludes halogenated alkanes) is 1. The molecule has 0 saturated carbocycles. The van der Waals surface area contributed by atoms with Crippen LogP contribution in [0.3, 0.4) is 0 Å². The van der Waals surface area contributed by atoms with Gasteiger partial charge in [-0.3, -0.25) is 0 Å². The monoisotopic (exact) mass is 107 g/mol. The Morgan fingerprint density at radius 3 is 2.14 bits per heavy atom. The Kier molecular flexibility index (Phi) is 3.95. The first-order chi connectivity index (χ1) is 3.27. The summed E-state index contributed by atoms with van der Waals surface area (Å²) in [6.07, 6.45) is -0.979. The van der Waals surface area contributed by atoms with Crippen LogP contribution in [0.1, 0.15) is 19.3 Å². The number of alkyl halides is 2. The lowest BCUT2D eigenvalue weighted by atomic mass is 10.3. The summed E-state index contributed by atoms with van der Waals surface area (Å²) in [6, 6.07) is 0. The van der Waals surface area contributed by atoms with E-state index in [9.17, 15) is 8.78 Å². The molecule has 7 heavy (non-hydrogen) atoms. The van der Waals surface area contributed by atoms with E-state index < -0.39 is 6.43 Å². The molecule has 43 valence electrons. The Morgan fingerprint density at radius 2 is 2.00 bits per heavy atom. The van der Waals surface area contributed by atoms with E-state index in [0.29, 0.717) is 12.8 Å². The van der Waals surface area contributed by atoms with Crippen molar-refractivity contribution in [1.29, 1.82) is 0 Å². The molecule has 0 saturated heterocycles. The summed E-state index contributed by atoms with van der Waals surface area (Å²) in [7, 11) is 0. The Labute approximate surface area is 42.5 Å². The van der Waals surface area contributed by atoms with Gasteiger partial charge in [-0.25, -0.2) is 8.78 Å². The molecule has 0 amide bonds. The Hall–Kier alpha value is -0.140. The van der Waals surface area contributed by atoms with Gasteiger partial charge in [0.15, 0.2) is 0 Å². The second kappa shape index (κ2) is 4.03. The van der Waals surface area contributed by atoms with E-state index >= 15 is 0 Å². The fraction of sp³-hybridized carbons (Fsp3) is 0.800. The molecule has 0 aliphatic heterocycles. The molecule has 0 bridgehead atoms. The highest BCUT2D eigenvalue weighted by molar-refractivity contribution is 4.43. The summed E-state index contributed by atoms with van der Waals surface area (Å²) >= 11 is 0. The summed E-state index contributed by atoms with van der Waals surface area (Å²) in [5, 5.41) is 0. The van der Waals surface area contributed by atoms with Crippen LogP contribution in [-0.4, -0.2) is 6.43 Å². The summed E-state index contributed by atoms with van der Waals surface area (Å²) in [5.41, 5.74) is 0. The molecular weight excluding hydrogens is 98.1 g/mol. The van der Waals surface area contributed by atoms with Gasteiger partial charge in [-0.1, -0.05) is 13.3 Å². The molecule has 0 heterocycles. The third kappa shape index (κ3) is 5.86. The van der Waals surface area contributed by atoms with Crippen molar-refractivity contribution in [1.82, 2.24) is 0 Å². The van der Waals surface area contributed by atoms with Crippen molar-refractivity contribution in [3.05, 3.63) is 6.92 Å². The zero-order valence-corrected chi connectivity index (χ0v) is 4.16. The summed E-state index contributed by atoms with van der Waals surface area (Å²) in [4.78, 5) is 0. The van der Waals surface area contributed by atoms with Gasteiger partial charge in [0.2, 0.25) is 6.43 Å². The topological polar surface area (TPSA) is 0 Å². The van der Waals surface area contributed by atoms with Gasteiger partial charge in [-0.2, -0.15) is 0 Å². The third-order valence-corrected chi connectivity index (χ3v) is 0.672. The van der Waals surface area contributed by atoms with E-state index in [0.717, 1.165) is 0 Å². The van der Waals surface area contributed by atoms with Gasteiger partial charge in [0.05, 0.1) is 0 Å². The molecule has 0 nitrogen and oxygen atoms in total. The molecule has 0 aliphatic rings. The van der Waals surface area contributed by atoms with Crippen molar-refractivity contribution in [2.45, 2.75) is 25.7 Å². The molecule has 0 spiro atoms. The largest absolute Gasteiger partial charge is 0.238 e. The fourth-order valence-corrected chi connectivity index (χ4v) is 0.299. The predicted molar refractivity (Wildman–Crippen MR) is 25.2 cm³/mol. The Balaban J connectivity index is 2.68. The molecule has 0 aromatic heterocycles. The highest BCUT2D eigenvalue weighted by Crippen LogP contribution is 2.03. The minimum absolute atomic E-state index is 0.00347. The molecule has 0 aromatic rings. The summed E-state index contributed by atoms with van der Waals surface area (Å²) in [5.74, 6) is 0. The molecule has 0 aliphatic carbocycles. The second-order valence-electron chi connectivity index (χ2n) is 1.39. The Morgan fingerprint density at radius 1 is 1.43 bits per heavy atom. The van der Waals surface area contributed by atoms with Crippen LogP contribution in [0.15, 0.2) is 0 Å². The summed E-state index contributed by atoms with van der Waals surface area (Å²) < 4.78 is 22.4. The molecule has 0 unspecified atom stereocenters. The number of halogens is 2. The van der Waals surface area contributed by atoms with E-state index in [1.807, 2.05) is 0 Å². The first kappa shape index (κ1) is 6.86. The van der Waals surface area contributed by atoms with Gasteiger partial charge < -0.3 is 0 Å². The van der Waals surface area contributed by atoms with Crippen LogP contribution in [-0.2, 0) is 0 Å². The van der Waals surface area contributed by atoms with Gasteiger partial charge in [0, 0.05) is 6.42 Å². The van der Waals surface area contributed by atoms with Crippen LogP contribution in [0, 0.1) is 6.92 Å². The average Bonchev–Trinajstić information content (AvgIpc) is 1.61. The van der Waals surface area contributed by atoms with E-state index in [1.165, 1.54) is 0 Å². The lowest BCUT2D eigenvalue weighted by Gasteiger charge is -1.91. The van der Waals surface area contributed by atoms with E-state index in [4.69, 9.17) is 0 Å². The van der Waals surface area contributed by atoms with Crippen molar-refractivity contribution < 1.29 is 8.78 Å². The quantitative estimate of drug-likeness (QED) is 0.519. The van der Waals surface area contributed by atoms with Crippen LogP contribution in [0.4, 0.5) is 8.78 Å². The SMILES string of the molecule is [CH2]CCCC(F)F. The Bertz CT molecular complexity index is 35.1. The molecule has 0 rings (SSSR count). The van der Waals surface area contributed by atoms with Crippen LogP contribution >= 0.6 is 0 Å². The maximum absolute atomic E-state index is 11.2. The molecule has 0 fully saturated rings. The van der Waals surface area contributed by atoms with Crippen molar-refractivity contribution in [2.24, 2.45) is 0 Å². The zero-order valence-electron chi connectivity index (χ0n) is 4.16. The van der Waals surface area contributed by atoms with Crippen LogP contribution in [0.25, 0.3) is 0 Å². The maximum Gasteiger partial charge on any atom is 0.238 e. The third-order valence-electron chi connectivity index (χ3n) is 0.672. The summed E-state index contributed by atoms with van der Waals surface area (Å²) in [6.45, 7) is 3.42. The van der Waals surface area contributed by atoms with Crippen molar-refractivity contribution in [3.63, 3.8) is 0 Å². The molecule has 0 N–H and O–H groups in total. The lowest BCUT2D eigenvalue weighted by molar-refractivity contribution is 0.135. The standard InChI is InChI=1S/C5H9F2/c1-2-3-4-5(6)7/h5H,1-4H2.